The summed E-state index contributed by atoms with van der Waals surface area (Å²) >= 11 is 6.43. The lowest BCUT2D eigenvalue weighted by molar-refractivity contribution is -0.148. The summed E-state index contributed by atoms with van der Waals surface area (Å²) in [6, 6.07) is 15.6. The number of aryl methyl sites for hydroxylation is 1. The van der Waals surface area contributed by atoms with Crippen molar-refractivity contribution < 1.29 is 23.8 Å². The maximum atomic E-state index is 13.3. The summed E-state index contributed by atoms with van der Waals surface area (Å²) in [5.41, 5.74) is 2.97. The van der Waals surface area contributed by atoms with Crippen LogP contribution in [0.5, 0.6) is 5.75 Å². The molecule has 2 heterocycles. The maximum absolute atomic E-state index is 13.3. The molecule has 1 saturated carbocycles. The highest BCUT2D eigenvalue weighted by Crippen LogP contribution is 2.32. The monoisotopic (exact) mass is 552 g/mol. The molecule has 5 rings (SSSR count). The van der Waals surface area contributed by atoms with Crippen LogP contribution in [0.4, 0.5) is 5.69 Å². The number of ether oxygens (including phenoxy) is 3. The van der Waals surface area contributed by atoms with Gasteiger partial charge in [0.2, 0.25) is 0 Å². The second-order valence-electron chi connectivity index (χ2n) is 9.94. The van der Waals surface area contributed by atoms with Crippen LogP contribution in [-0.2, 0) is 20.9 Å². The van der Waals surface area contributed by atoms with E-state index in [4.69, 9.17) is 25.8 Å². The highest BCUT2D eigenvalue weighted by atomic mass is 35.5. The zero-order valence-electron chi connectivity index (χ0n) is 21.9. The second-order valence-corrected chi connectivity index (χ2v) is 10.3. The lowest BCUT2D eigenvalue weighted by Gasteiger charge is -2.31. The van der Waals surface area contributed by atoms with Gasteiger partial charge >= 0.3 is 0 Å². The number of hydrogen-bond acceptors (Lipinski definition) is 6. The number of aromatic nitrogens is 2. The van der Waals surface area contributed by atoms with Crippen molar-refractivity contribution in [2.75, 3.05) is 25.1 Å². The third-order valence-electron chi connectivity index (χ3n) is 7.16. The predicted octanol–water partition coefficient (Wildman–Crippen LogP) is 4.69. The average Bonchev–Trinajstić information content (AvgIpc) is 3.36. The predicted molar refractivity (Wildman–Crippen MR) is 147 cm³/mol. The van der Waals surface area contributed by atoms with Gasteiger partial charge in [0.1, 0.15) is 18.1 Å². The summed E-state index contributed by atoms with van der Waals surface area (Å²) in [5.74, 6) is 0.277. The second kappa shape index (κ2) is 12.6. The van der Waals surface area contributed by atoms with E-state index in [1.807, 2.05) is 55.5 Å². The van der Waals surface area contributed by atoms with E-state index < -0.39 is 6.10 Å². The minimum absolute atomic E-state index is 0.00975. The van der Waals surface area contributed by atoms with E-state index in [1.165, 1.54) is 6.20 Å². The average molecular weight is 553 g/mol. The lowest BCUT2D eigenvalue weighted by atomic mass is 9.91. The first-order valence-electron chi connectivity index (χ1n) is 13.3. The Balaban J connectivity index is 1.17. The first-order valence-corrected chi connectivity index (χ1v) is 13.7. The van der Waals surface area contributed by atoms with E-state index in [9.17, 15) is 9.59 Å². The van der Waals surface area contributed by atoms with Gasteiger partial charge in [-0.3, -0.25) is 14.3 Å². The highest BCUT2D eigenvalue weighted by molar-refractivity contribution is 6.34. The molecule has 1 unspecified atom stereocenters. The largest absolute Gasteiger partial charge is 0.489 e. The van der Waals surface area contributed by atoms with Gasteiger partial charge in [-0.05, 0) is 61.9 Å². The van der Waals surface area contributed by atoms with Crippen LogP contribution in [0.3, 0.4) is 0 Å². The Bertz CT molecular complexity index is 1280. The summed E-state index contributed by atoms with van der Waals surface area (Å²) in [7, 11) is 0. The van der Waals surface area contributed by atoms with Crippen molar-refractivity contribution in [2.45, 2.75) is 57.4 Å². The zero-order valence-corrected chi connectivity index (χ0v) is 22.7. The van der Waals surface area contributed by atoms with Crippen LogP contribution in [0.2, 0.25) is 5.02 Å². The molecule has 1 aliphatic carbocycles. The fourth-order valence-corrected chi connectivity index (χ4v) is 5.23. The number of benzene rings is 2. The minimum atomic E-state index is -0.551. The molecule has 39 heavy (non-hydrogen) atoms. The number of rotatable bonds is 8. The van der Waals surface area contributed by atoms with Crippen molar-refractivity contribution in [1.82, 2.24) is 15.1 Å². The Labute approximate surface area is 232 Å². The maximum Gasteiger partial charge on any atom is 0.275 e. The van der Waals surface area contributed by atoms with E-state index in [2.05, 4.69) is 15.7 Å². The molecule has 1 saturated heterocycles. The van der Waals surface area contributed by atoms with Gasteiger partial charge in [0.25, 0.3) is 11.8 Å². The number of nitrogens with one attached hydrogen (secondary N) is 2. The normalized spacial score (nSPS) is 21.2. The van der Waals surface area contributed by atoms with Crippen molar-refractivity contribution in [1.29, 1.82) is 0 Å². The fourth-order valence-electron chi connectivity index (χ4n) is 5.02. The van der Waals surface area contributed by atoms with Gasteiger partial charge in [-0.15, -0.1) is 0 Å². The zero-order chi connectivity index (χ0) is 27.2. The Morgan fingerprint density at radius 3 is 2.62 bits per heavy atom. The molecule has 2 aromatic carbocycles. The molecular formula is C29H33ClN4O5. The molecular weight excluding hydrogens is 520 g/mol. The van der Waals surface area contributed by atoms with Gasteiger partial charge < -0.3 is 24.8 Å². The SMILES string of the molecule is Cc1cc(OCc2ccccc2)ccc1NC(=O)c1c(Cl)cnn1[C@H]1CC[C@@H](NC(=O)C2COCCO2)CC1. The smallest absolute Gasteiger partial charge is 0.275 e. The molecule has 1 aliphatic heterocycles. The first-order chi connectivity index (χ1) is 19.0. The Morgan fingerprint density at radius 2 is 1.90 bits per heavy atom. The van der Waals surface area contributed by atoms with Crippen molar-refractivity contribution in [3.8, 4) is 5.75 Å². The summed E-state index contributed by atoms with van der Waals surface area (Å²) in [5, 5.41) is 10.8. The van der Waals surface area contributed by atoms with Gasteiger partial charge in [0.05, 0.1) is 37.1 Å². The standard InChI is InChI=1S/C29H33ClN4O5/c1-19-15-23(39-17-20-5-3-2-4-6-20)11-12-25(19)33-29(36)27-24(30)16-31-34(27)22-9-7-21(8-10-22)32-28(35)26-18-37-13-14-38-26/h2-6,11-12,15-16,21-22,26H,7-10,13-14,17-18H2,1H3,(H,32,35)(H,33,36)/t21-,22+,26?. The van der Waals surface area contributed by atoms with E-state index >= 15 is 0 Å². The summed E-state index contributed by atoms with van der Waals surface area (Å²) < 4.78 is 18.5. The van der Waals surface area contributed by atoms with E-state index in [-0.39, 0.29) is 30.5 Å². The third kappa shape index (κ3) is 6.79. The van der Waals surface area contributed by atoms with Gasteiger partial charge in [-0.1, -0.05) is 41.9 Å². The van der Waals surface area contributed by atoms with Crippen molar-refractivity contribution in [3.05, 3.63) is 76.6 Å². The molecule has 0 spiro atoms. The summed E-state index contributed by atoms with van der Waals surface area (Å²) in [4.78, 5) is 25.8. The molecule has 2 aliphatic rings. The van der Waals surface area contributed by atoms with Gasteiger partial charge in [0, 0.05) is 11.7 Å². The molecule has 0 bridgehead atoms. The number of amides is 2. The number of carbonyl (C=O) groups excluding carboxylic acids is 2. The van der Waals surface area contributed by atoms with E-state index in [0.717, 1.165) is 42.6 Å². The van der Waals surface area contributed by atoms with Gasteiger partial charge in [0.15, 0.2) is 6.10 Å². The Morgan fingerprint density at radius 1 is 1.10 bits per heavy atom. The van der Waals surface area contributed by atoms with Crippen molar-refractivity contribution in [2.24, 2.45) is 0 Å². The quantitative estimate of drug-likeness (QED) is 0.420. The van der Waals surface area contributed by atoms with Crippen molar-refractivity contribution in [3.63, 3.8) is 0 Å². The first kappa shape index (κ1) is 27.2. The number of halogens is 1. The third-order valence-corrected chi connectivity index (χ3v) is 7.43. The van der Waals surface area contributed by atoms with Crippen LogP contribution >= 0.6 is 11.6 Å². The van der Waals surface area contributed by atoms with Gasteiger partial charge in [-0.25, -0.2) is 0 Å². The highest BCUT2D eigenvalue weighted by Gasteiger charge is 2.30. The van der Waals surface area contributed by atoms with Crippen LogP contribution in [0.1, 0.15) is 53.3 Å². The number of hydrogen-bond donors (Lipinski definition) is 2. The number of anilines is 1. The van der Waals surface area contributed by atoms with Gasteiger partial charge in [-0.2, -0.15) is 5.10 Å². The molecule has 206 valence electrons. The van der Waals surface area contributed by atoms with Crippen LogP contribution in [0.15, 0.2) is 54.7 Å². The van der Waals surface area contributed by atoms with E-state index in [0.29, 0.717) is 36.2 Å². The fraction of sp³-hybridized carbons (Fsp3) is 0.414. The van der Waals surface area contributed by atoms with Crippen molar-refractivity contribution >= 4 is 29.1 Å². The minimum Gasteiger partial charge on any atom is -0.489 e. The molecule has 0 radical (unpaired) electrons. The number of nitrogens with zero attached hydrogens (tertiary/aromatic N) is 2. The Kier molecular flexibility index (Phi) is 8.81. The molecule has 9 nitrogen and oxygen atoms in total. The number of carbonyl (C=O) groups is 2. The molecule has 1 aromatic heterocycles. The summed E-state index contributed by atoms with van der Waals surface area (Å²) in [6.45, 7) is 3.63. The van der Waals surface area contributed by atoms with Crippen LogP contribution in [0, 0.1) is 6.92 Å². The molecule has 2 N–H and O–H groups in total. The van der Waals surface area contributed by atoms with E-state index in [1.54, 1.807) is 4.68 Å². The molecule has 3 aromatic rings. The summed E-state index contributed by atoms with van der Waals surface area (Å²) in [6.07, 6.45) is 4.02. The van der Waals surface area contributed by atoms with Crippen LogP contribution in [0.25, 0.3) is 0 Å². The van der Waals surface area contributed by atoms with Crippen LogP contribution in [-0.4, -0.2) is 53.6 Å². The molecule has 1 atom stereocenters. The molecule has 10 heteroatoms. The topological polar surface area (TPSA) is 104 Å². The van der Waals surface area contributed by atoms with Crippen LogP contribution < -0.4 is 15.4 Å². The lowest BCUT2D eigenvalue weighted by Crippen LogP contribution is -2.47. The molecule has 2 amide bonds. The Hall–Kier alpha value is -3.40. The molecule has 2 fully saturated rings.